The first-order valence-corrected chi connectivity index (χ1v) is 10.7. The Bertz CT molecular complexity index is 882. The molecule has 2 unspecified atom stereocenters. The molecular formula is C13H11BrClN5O4S2. The van der Waals surface area contributed by atoms with E-state index in [0.29, 0.717) is 4.47 Å². The van der Waals surface area contributed by atoms with E-state index in [9.17, 15) is 13.8 Å². The van der Waals surface area contributed by atoms with E-state index in [-0.39, 0.29) is 27.7 Å². The van der Waals surface area contributed by atoms with E-state index < -0.39 is 29.0 Å². The molecule has 2 amide bonds. The SMILES string of the molecule is CS(=O)c1nnc(N2C(=O)N(CCl)CC2OC(=O)c2cc(Br)ccn2)s1. The predicted octanol–water partition coefficient (Wildman–Crippen LogP) is 2.05. The van der Waals surface area contributed by atoms with Crippen molar-refractivity contribution in [1.82, 2.24) is 20.1 Å². The van der Waals surface area contributed by atoms with E-state index in [0.717, 1.165) is 11.3 Å². The van der Waals surface area contributed by atoms with Crippen LogP contribution in [0.5, 0.6) is 0 Å². The van der Waals surface area contributed by atoms with Gasteiger partial charge in [-0.25, -0.2) is 19.5 Å². The monoisotopic (exact) mass is 479 g/mol. The fraction of sp³-hybridized carbons (Fsp3) is 0.308. The molecule has 26 heavy (non-hydrogen) atoms. The van der Waals surface area contributed by atoms with Crippen LogP contribution in [-0.2, 0) is 15.5 Å². The highest BCUT2D eigenvalue weighted by molar-refractivity contribution is 9.10. The van der Waals surface area contributed by atoms with Crippen LogP contribution in [0.3, 0.4) is 0 Å². The van der Waals surface area contributed by atoms with Gasteiger partial charge in [0.1, 0.15) is 5.69 Å². The van der Waals surface area contributed by atoms with Crippen molar-refractivity contribution in [3.05, 3.63) is 28.5 Å². The Balaban J connectivity index is 1.86. The molecule has 2 aromatic rings. The lowest BCUT2D eigenvalue weighted by Crippen LogP contribution is -2.37. The number of hydrogen-bond donors (Lipinski definition) is 0. The van der Waals surface area contributed by atoms with Gasteiger partial charge in [-0.15, -0.1) is 21.8 Å². The highest BCUT2D eigenvalue weighted by Gasteiger charge is 2.42. The average Bonchev–Trinajstić information content (AvgIpc) is 3.19. The number of carbonyl (C=O) groups excluding carboxylic acids is 2. The zero-order valence-corrected chi connectivity index (χ0v) is 17.1. The van der Waals surface area contributed by atoms with Crippen LogP contribution in [-0.4, -0.2) is 61.3 Å². The van der Waals surface area contributed by atoms with E-state index in [2.05, 4.69) is 31.1 Å². The van der Waals surface area contributed by atoms with Gasteiger partial charge in [0.05, 0.1) is 23.3 Å². The van der Waals surface area contributed by atoms with Gasteiger partial charge < -0.3 is 9.64 Å². The molecule has 9 nitrogen and oxygen atoms in total. The third-order valence-corrected chi connectivity index (χ3v) is 6.33. The maximum Gasteiger partial charge on any atom is 0.358 e. The molecule has 1 saturated heterocycles. The lowest BCUT2D eigenvalue weighted by Gasteiger charge is -2.19. The van der Waals surface area contributed by atoms with Gasteiger partial charge in [-0.2, -0.15) is 0 Å². The number of halogens is 2. The molecule has 0 N–H and O–H groups in total. The Kier molecular flexibility index (Phi) is 5.85. The summed E-state index contributed by atoms with van der Waals surface area (Å²) in [5.74, 6) is -0.700. The summed E-state index contributed by atoms with van der Waals surface area (Å²) in [4.78, 5) is 31.3. The van der Waals surface area contributed by atoms with Crippen molar-refractivity contribution in [3.8, 4) is 0 Å². The van der Waals surface area contributed by atoms with Gasteiger partial charge in [0.2, 0.25) is 15.7 Å². The van der Waals surface area contributed by atoms with Crippen molar-refractivity contribution in [2.45, 2.75) is 10.6 Å². The summed E-state index contributed by atoms with van der Waals surface area (Å²) < 4.78 is 17.9. The molecule has 3 heterocycles. The Morgan fingerprint density at radius 2 is 2.31 bits per heavy atom. The van der Waals surface area contributed by atoms with Gasteiger partial charge in [-0.1, -0.05) is 27.3 Å². The number of ether oxygens (including phenoxy) is 1. The molecule has 13 heteroatoms. The zero-order chi connectivity index (χ0) is 18.8. The summed E-state index contributed by atoms with van der Waals surface area (Å²) >= 11 is 10.0. The predicted molar refractivity (Wildman–Crippen MR) is 98.7 cm³/mol. The first-order valence-electron chi connectivity index (χ1n) is 7.04. The van der Waals surface area contributed by atoms with E-state index in [1.807, 2.05) is 0 Å². The van der Waals surface area contributed by atoms with Crippen LogP contribution in [0.1, 0.15) is 10.5 Å². The number of aromatic nitrogens is 3. The van der Waals surface area contributed by atoms with Crippen LogP contribution < -0.4 is 4.90 Å². The minimum Gasteiger partial charge on any atom is -0.434 e. The van der Waals surface area contributed by atoms with Gasteiger partial charge in [-0.05, 0) is 12.1 Å². The second-order valence-corrected chi connectivity index (χ2v) is 8.68. The van der Waals surface area contributed by atoms with Crippen LogP contribution in [0.25, 0.3) is 0 Å². The molecule has 1 aliphatic heterocycles. The van der Waals surface area contributed by atoms with Crippen LogP contribution >= 0.6 is 38.9 Å². The standard InChI is InChI=1S/C13H11BrClN5O4S2/c1-26(23)12-18-17-11(25-12)20-9(5-19(6-15)13(20)22)24-10(21)8-4-7(14)2-3-16-8/h2-4,9H,5-6H2,1H3. The number of carbonyl (C=O) groups is 2. The summed E-state index contributed by atoms with van der Waals surface area (Å²) in [6, 6.07) is 2.62. The Labute approximate surface area is 167 Å². The summed E-state index contributed by atoms with van der Waals surface area (Å²) in [7, 11) is -1.34. The molecule has 0 saturated carbocycles. The van der Waals surface area contributed by atoms with Gasteiger partial charge >= 0.3 is 12.0 Å². The highest BCUT2D eigenvalue weighted by Crippen LogP contribution is 2.30. The van der Waals surface area contributed by atoms with Crippen molar-refractivity contribution in [2.75, 3.05) is 23.7 Å². The second kappa shape index (κ2) is 7.94. The zero-order valence-electron chi connectivity index (χ0n) is 13.2. The molecule has 0 spiro atoms. The number of rotatable bonds is 5. The minimum atomic E-state index is -1.34. The molecule has 0 radical (unpaired) electrons. The Hall–Kier alpha value is -1.63. The molecule has 2 atom stereocenters. The molecule has 1 fully saturated rings. The molecule has 1 aliphatic rings. The molecule has 0 aliphatic carbocycles. The molecule has 0 bridgehead atoms. The summed E-state index contributed by atoms with van der Waals surface area (Å²) in [5.41, 5.74) is 0.0868. The van der Waals surface area contributed by atoms with E-state index >= 15 is 0 Å². The third-order valence-electron chi connectivity index (χ3n) is 3.31. The first-order chi connectivity index (χ1) is 12.4. The van der Waals surface area contributed by atoms with Crippen LogP contribution in [0.15, 0.2) is 27.1 Å². The van der Waals surface area contributed by atoms with Crippen molar-refractivity contribution in [3.63, 3.8) is 0 Å². The number of amides is 2. The van der Waals surface area contributed by atoms with Gasteiger partial charge in [0.15, 0.2) is 0 Å². The van der Waals surface area contributed by atoms with E-state index in [4.69, 9.17) is 16.3 Å². The molecule has 2 aromatic heterocycles. The number of anilines is 1. The number of hydrogen-bond acceptors (Lipinski definition) is 8. The quantitative estimate of drug-likeness (QED) is 0.279. The van der Waals surface area contributed by atoms with Crippen molar-refractivity contribution < 1.29 is 18.5 Å². The number of alkyl halides is 1. The lowest BCUT2D eigenvalue weighted by atomic mass is 10.3. The van der Waals surface area contributed by atoms with Crippen molar-refractivity contribution in [1.29, 1.82) is 0 Å². The van der Waals surface area contributed by atoms with E-state index in [1.165, 1.54) is 28.3 Å². The number of pyridine rings is 1. The maximum atomic E-state index is 12.5. The topological polar surface area (TPSA) is 106 Å². The maximum absolute atomic E-state index is 12.5. The van der Waals surface area contributed by atoms with Gasteiger partial charge in [0.25, 0.3) is 0 Å². The fourth-order valence-electron chi connectivity index (χ4n) is 2.14. The van der Waals surface area contributed by atoms with Crippen molar-refractivity contribution in [2.24, 2.45) is 0 Å². The number of nitrogens with zero attached hydrogens (tertiary/aromatic N) is 5. The van der Waals surface area contributed by atoms with E-state index in [1.54, 1.807) is 6.07 Å². The fourth-order valence-corrected chi connectivity index (χ4v) is 4.13. The van der Waals surface area contributed by atoms with Gasteiger partial charge in [0, 0.05) is 16.9 Å². The Morgan fingerprint density at radius 1 is 1.54 bits per heavy atom. The summed E-state index contributed by atoms with van der Waals surface area (Å²) in [5, 5.41) is 7.85. The molecule has 0 aromatic carbocycles. The smallest absolute Gasteiger partial charge is 0.358 e. The van der Waals surface area contributed by atoms with Crippen LogP contribution in [0.2, 0.25) is 0 Å². The van der Waals surface area contributed by atoms with Crippen molar-refractivity contribution >= 4 is 66.8 Å². The first kappa shape index (κ1) is 19.1. The third kappa shape index (κ3) is 3.87. The van der Waals surface area contributed by atoms with Crippen LogP contribution in [0, 0.1) is 0 Å². The summed E-state index contributed by atoms with van der Waals surface area (Å²) in [6.07, 6.45) is 1.95. The Morgan fingerprint density at radius 3 is 2.92 bits per heavy atom. The average molecular weight is 481 g/mol. The molecule has 3 rings (SSSR count). The van der Waals surface area contributed by atoms with Gasteiger partial charge in [-0.3, -0.25) is 4.21 Å². The molecular weight excluding hydrogens is 470 g/mol. The second-order valence-electron chi connectivity index (χ2n) is 5.02. The normalized spacial score (nSPS) is 18.3. The number of esters is 1. The lowest BCUT2D eigenvalue weighted by molar-refractivity contribution is 0.0322. The summed E-state index contributed by atoms with van der Waals surface area (Å²) in [6.45, 7) is 0.0617. The largest absolute Gasteiger partial charge is 0.434 e. The van der Waals surface area contributed by atoms with Crippen LogP contribution in [0.4, 0.5) is 9.93 Å². The minimum absolute atomic E-state index is 0.0617. The highest BCUT2D eigenvalue weighted by atomic mass is 79.9. The molecule has 138 valence electrons. The number of urea groups is 1.